The molecule has 2 heterocycles. The number of halogens is 1. The second kappa shape index (κ2) is 9.37. The van der Waals surface area contributed by atoms with Gasteiger partial charge in [-0.15, -0.1) is 11.8 Å². The number of rotatable bonds is 8. The molecule has 0 atom stereocenters. The number of aromatic nitrogens is 2. The minimum atomic E-state index is 0.995. The normalized spacial score (nSPS) is 11.0. The van der Waals surface area contributed by atoms with Gasteiger partial charge in [0.1, 0.15) is 0 Å². The number of thioether (sulfide) groups is 1. The van der Waals surface area contributed by atoms with Crippen LogP contribution in [0.1, 0.15) is 25.7 Å². The predicted molar refractivity (Wildman–Crippen MR) is 113 cm³/mol. The van der Waals surface area contributed by atoms with Gasteiger partial charge in [0.15, 0.2) is 0 Å². The topological polar surface area (TPSA) is 25.8 Å². The van der Waals surface area contributed by atoms with Gasteiger partial charge < -0.3 is 0 Å². The number of fused-ring (bicyclic) bond motifs is 1. The van der Waals surface area contributed by atoms with Crippen molar-refractivity contribution in [1.29, 1.82) is 0 Å². The predicted octanol–water partition coefficient (Wildman–Crippen LogP) is 6.38. The molecule has 124 valence electrons. The van der Waals surface area contributed by atoms with E-state index < -0.39 is 0 Å². The number of unbranched alkanes of at least 4 members (excludes halogenated alkanes) is 3. The molecule has 0 amide bonds. The van der Waals surface area contributed by atoms with Gasteiger partial charge in [-0.05, 0) is 47.3 Å². The van der Waals surface area contributed by atoms with Gasteiger partial charge in [0.25, 0.3) is 0 Å². The third-order valence-corrected chi connectivity index (χ3v) is 5.87. The Bertz CT molecular complexity index is 777. The summed E-state index contributed by atoms with van der Waals surface area (Å²) >= 11 is 4.41. The molecule has 1 aromatic carbocycles. The molecule has 3 aromatic rings. The largest absolute Gasteiger partial charge is 0.256 e. The van der Waals surface area contributed by atoms with E-state index in [-0.39, 0.29) is 0 Å². The molecule has 0 aliphatic rings. The second-order valence-corrected chi connectivity index (χ2v) is 7.92. The Morgan fingerprint density at radius 1 is 0.875 bits per heavy atom. The molecule has 0 N–H and O–H groups in total. The first-order valence-electron chi connectivity index (χ1n) is 8.37. The number of hydrogen-bond acceptors (Lipinski definition) is 3. The monoisotopic (exact) mass is 448 g/mol. The Kier molecular flexibility index (Phi) is 6.90. The van der Waals surface area contributed by atoms with Crippen molar-refractivity contribution < 1.29 is 0 Å². The van der Waals surface area contributed by atoms with Gasteiger partial charge in [0.05, 0.1) is 11.2 Å². The zero-order valence-corrected chi connectivity index (χ0v) is 16.6. The molecular formula is C20H21IN2S. The minimum Gasteiger partial charge on any atom is -0.256 e. The number of pyridine rings is 2. The molecule has 2 nitrogen and oxygen atoms in total. The zero-order valence-electron chi connectivity index (χ0n) is 13.6. The summed E-state index contributed by atoms with van der Waals surface area (Å²) < 4.78 is 1.28. The van der Waals surface area contributed by atoms with Gasteiger partial charge in [-0.25, -0.2) is 0 Å². The maximum absolute atomic E-state index is 4.55. The molecule has 4 heteroatoms. The van der Waals surface area contributed by atoms with Gasteiger partial charge in [-0.2, -0.15) is 0 Å². The molecule has 0 unspecified atom stereocenters. The van der Waals surface area contributed by atoms with E-state index in [0.717, 1.165) is 16.8 Å². The first-order valence-corrected chi connectivity index (χ1v) is 10.9. The Labute approximate surface area is 161 Å². The van der Waals surface area contributed by atoms with E-state index in [2.05, 4.69) is 56.8 Å². The Morgan fingerprint density at radius 2 is 1.79 bits per heavy atom. The van der Waals surface area contributed by atoms with Crippen LogP contribution in [0.5, 0.6) is 0 Å². The van der Waals surface area contributed by atoms with Crippen molar-refractivity contribution in [3.8, 4) is 11.3 Å². The third-order valence-electron chi connectivity index (χ3n) is 3.95. The average molecular weight is 448 g/mol. The lowest BCUT2D eigenvalue weighted by molar-refractivity contribution is 0.715. The van der Waals surface area contributed by atoms with Gasteiger partial charge in [-0.1, -0.05) is 53.6 Å². The van der Waals surface area contributed by atoms with Crippen LogP contribution in [0, 0.1) is 0 Å². The van der Waals surface area contributed by atoms with Crippen molar-refractivity contribution in [3.05, 3.63) is 54.9 Å². The van der Waals surface area contributed by atoms with Crippen LogP contribution in [0.15, 0.2) is 59.8 Å². The van der Waals surface area contributed by atoms with Crippen LogP contribution in [0.2, 0.25) is 0 Å². The molecule has 24 heavy (non-hydrogen) atoms. The fraction of sp³-hybridized carbons (Fsp3) is 0.300. The lowest BCUT2D eigenvalue weighted by Gasteiger charge is -2.08. The SMILES string of the molecule is ICCCCCCSc1ccnc2cc(-c3ccccn3)ccc12. The van der Waals surface area contributed by atoms with E-state index in [1.165, 1.54) is 46.1 Å². The summed E-state index contributed by atoms with van der Waals surface area (Å²) in [5.74, 6) is 1.18. The van der Waals surface area contributed by atoms with E-state index in [4.69, 9.17) is 0 Å². The maximum atomic E-state index is 4.55. The van der Waals surface area contributed by atoms with Gasteiger partial charge >= 0.3 is 0 Å². The first-order chi connectivity index (χ1) is 11.9. The van der Waals surface area contributed by atoms with Gasteiger partial charge in [-0.3, -0.25) is 9.97 Å². The lowest BCUT2D eigenvalue weighted by Crippen LogP contribution is -1.87. The van der Waals surface area contributed by atoms with Crippen LogP contribution in [-0.4, -0.2) is 20.1 Å². The zero-order chi connectivity index (χ0) is 16.6. The number of nitrogens with zero attached hydrogens (tertiary/aromatic N) is 2. The Morgan fingerprint density at radius 3 is 2.62 bits per heavy atom. The van der Waals surface area contributed by atoms with Crippen molar-refractivity contribution in [2.75, 3.05) is 10.2 Å². The van der Waals surface area contributed by atoms with Crippen LogP contribution < -0.4 is 0 Å². The summed E-state index contributed by atoms with van der Waals surface area (Å²) in [6.45, 7) is 0. The number of hydrogen-bond donors (Lipinski definition) is 0. The summed E-state index contributed by atoms with van der Waals surface area (Å²) in [6.07, 6.45) is 9.08. The molecule has 2 aromatic heterocycles. The van der Waals surface area contributed by atoms with Crippen molar-refractivity contribution in [3.63, 3.8) is 0 Å². The van der Waals surface area contributed by atoms with E-state index in [1.54, 1.807) is 0 Å². The number of benzene rings is 1. The van der Waals surface area contributed by atoms with Crippen molar-refractivity contribution in [1.82, 2.24) is 9.97 Å². The average Bonchev–Trinajstić information content (AvgIpc) is 2.65. The van der Waals surface area contributed by atoms with Crippen LogP contribution in [0.25, 0.3) is 22.2 Å². The molecule has 0 radical (unpaired) electrons. The molecule has 0 aliphatic heterocycles. The van der Waals surface area contributed by atoms with Crippen LogP contribution in [0.4, 0.5) is 0 Å². The van der Waals surface area contributed by atoms with Crippen molar-refractivity contribution >= 4 is 45.3 Å². The summed E-state index contributed by atoms with van der Waals surface area (Å²) in [6, 6.07) is 14.6. The number of alkyl halides is 1. The fourth-order valence-electron chi connectivity index (χ4n) is 2.67. The Balaban J connectivity index is 1.71. The molecule has 0 aliphatic carbocycles. The summed E-state index contributed by atoms with van der Waals surface area (Å²) in [5.41, 5.74) is 3.17. The summed E-state index contributed by atoms with van der Waals surface area (Å²) in [4.78, 5) is 10.3. The highest BCUT2D eigenvalue weighted by atomic mass is 127. The third kappa shape index (κ3) is 4.70. The molecule has 0 fully saturated rings. The second-order valence-electron chi connectivity index (χ2n) is 5.71. The van der Waals surface area contributed by atoms with Crippen molar-refractivity contribution in [2.45, 2.75) is 30.6 Å². The van der Waals surface area contributed by atoms with Crippen LogP contribution in [0.3, 0.4) is 0 Å². The highest BCUT2D eigenvalue weighted by Crippen LogP contribution is 2.30. The molecule has 0 spiro atoms. The van der Waals surface area contributed by atoms with Gasteiger partial charge in [0.2, 0.25) is 0 Å². The molecule has 3 rings (SSSR count). The fourth-order valence-corrected chi connectivity index (χ4v) is 4.27. The van der Waals surface area contributed by atoms with Crippen LogP contribution in [-0.2, 0) is 0 Å². The summed E-state index contributed by atoms with van der Waals surface area (Å²) in [5, 5.41) is 1.24. The van der Waals surface area contributed by atoms with Crippen LogP contribution >= 0.6 is 34.4 Å². The van der Waals surface area contributed by atoms with E-state index in [1.807, 2.05) is 42.4 Å². The van der Waals surface area contributed by atoms with E-state index >= 15 is 0 Å². The summed E-state index contributed by atoms with van der Waals surface area (Å²) in [7, 11) is 0. The first kappa shape index (κ1) is 17.7. The maximum Gasteiger partial charge on any atom is 0.0719 e. The standard InChI is InChI=1S/C20H21IN2S/c21-11-4-1-2-6-14-24-20-10-13-23-19-15-16(8-9-17(19)20)18-7-3-5-12-22-18/h3,5,7-10,12-13,15H,1-2,4,6,11,14H2. The lowest BCUT2D eigenvalue weighted by atomic mass is 10.1. The minimum absolute atomic E-state index is 0.995. The quantitative estimate of drug-likeness (QED) is 0.173. The van der Waals surface area contributed by atoms with Gasteiger partial charge in [0, 0.05) is 28.2 Å². The highest BCUT2D eigenvalue weighted by molar-refractivity contribution is 14.1. The smallest absolute Gasteiger partial charge is 0.0719 e. The molecular weight excluding hydrogens is 427 g/mol. The molecule has 0 bridgehead atoms. The van der Waals surface area contributed by atoms with E-state index in [0.29, 0.717) is 0 Å². The van der Waals surface area contributed by atoms with Crippen molar-refractivity contribution in [2.24, 2.45) is 0 Å². The highest BCUT2D eigenvalue weighted by Gasteiger charge is 2.05. The van der Waals surface area contributed by atoms with E-state index in [9.17, 15) is 0 Å². The molecule has 0 saturated heterocycles. The Hall–Kier alpha value is -1.14. The molecule has 0 saturated carbocycles.